The fourth-order valence-corrected chi connectivity index (χ4v) is 2.77. The molecule has 1 aliphatic heterocycles. The van der Waals surface area contributed by atoms with Gasteiger partial charge in [0.2, 0.25) is 5.91 Å². The zero-order chi connectivity index (χ0) is 12.1. The highest BCUT2D eigenvalue weighted by Gasteiger charge is 2.22. The van der Waals surface area contributed by atoms with Gasteiger partial charge in [0.15, 0.2) is 0 Å². The number of hydrogen-bond acceptors (Lipinski definition) is 2. The summed E-state index contributed by atoms with van der Waals surface area (Å²) in [6.07, 6.45) is 9.96. The fourth-order valence-electron chi connectivity index (χ4n) is 2.77. The van der Waals surface area contributed by atoms with E-state index in [1.807, 2.05) is 0 Å². The topological polar surface area (TPSA) is 41.1 Å². The van der Waals surface area contributed by atoms with Gasteiger partial charge in [0.1, 0.15) is 0 Å². The molecule has 1 amide bonds. The van der Waals surface area contributed by atoms with Crippen LogP contribution in [0.3, 0.4) is 0 Å². The average molecular weight is 236 g/mol. The molecule has 1 saturated heterocycles. The first-order chi connectivity index (χ1) is 8.25. The van der Waals surface area contributed by atoms with Crippen molar-refractivity contribution in [1.82, 2.24) is 10.6 Å². The zero-order valence-electron chi connectivity index (χ0n) is 10.8. The van der Waals surface area contributed by atoms with Gasteiger partial charge in [-0.15, -0.1) is 0 Å². The Kier molecular flexibility index (Phi) is 4.60. The molecule has 0 spiro atoms. The highest BCUT2D eigenvalue weighted by atomic mass is 16.1. The maximum atomic E-state index is 11.9. The van der Waals surface area contributed by atoms with Gasteiger partial charge in [0.05, 0.1) is 0 Å². The maximum absolute atomic E-state index is 11.9. The van der Waals surface area contributed by atoms with Crippen molar-refractivity contribution < 1.29 is 4.79 Å². The number of allylic oxidation sites excluding steroid dienone is 1. The smallest absolute Gasteiger partial charge is 0.224 e. The van der Waals surface area contributed by atoms with Crippen LogP contribution in [0.15, 0.2) is 11.6 Å². The molecule has 0 bridgehead atoms. The quantitative estimate of drug-likeness (QED) is 0.737. The molecule has 1 heterocycles. The molecule has 96 valence electrons. The second-order valence-electron chi connectivity index (χ2n) is 5.34. The standard InChI is InChI=1S/C14H24N2O/c1-11-13(8-5-9-15-11)16-14(17)10-12-6-3-2-4-7-12/h6,11,13,15H,2-5,7-10H2,1H3,(H,16,17). The molecule has 3 nitrogen and oxygen atoms in total. The molecule has 17 heavy (non-hydrogen) atoms. The minimum absolute atomic E-state index is 0.207. The molecule has 0 aromatic rings. The predicted molar refractivity (Wildman–Crippen MR) is 69.8 cm³/mol. The van der Waals surface area contributed by atoms with Gasteiger partial charge in [-0.05, 0) is 52.0 Å². The number of carbonyl (C=O) groups excluding carboxylic acids is 1. The van der Waals surface area contributed by atoms with Crippen molar-refractivity contribution in [3.8, 4) is 0 Å². The first-order valence-electron chi connectivity index (χ1n) is 6.96. The lowest BCUT2D eigenvalue weighted by Crippen LogP contribution is -2.51. The molecule has 2 unspecified atom stereocenters. The molecule has 1 aliphatic carbocycles. The minimum atomic E-state index is 0.207. The summed E-state index contributed by atoms with van der Waals surface area (Å²) in [5.41, 5.74) is 1.34. The van der Waals surface area contributed by atoms with Crippen molar-refractivity contribution in [3.63, 3.8) is 0 Å². The predicted octanol–water partition coefficient (Wildman–Crippen LogP) is 2.13. The Balaban J connectivity index is 1.78. The third-order valence-corrected chi connectivity index (χ3v) is 3.88. The summed E-state index contributed by atoms with van der Waals surface area (Å²) >= 11 is 0. The van der Waals surface area contributed by atoms with Gasteiger partial charge in [0.25, 0.3) is 0 Å². The van der Waals surface area contributed by atoms with E-state index in [4.69, 9.17) is 0 Å². The second-order valence-corrected chi connectivity index (χ2v) is 5.34. The van der Waals surface area contributed by atoms with Gasteiger partial charge in [-0.3, -0.25) is 4.79 Å². The first-order valence-corrected chi connectivity index (χ1v) is 6.96. The summed E-state index contributed by atoms with van der Waals surface area (Å²) in [5.74, 6) is 0.207. The van der Waals surface area contributed by atoms with E-state index in [1.165, 1.54) is 18.4 Å². The Bertz CT molecular complexity index is 299. The Labute approximate surface area is 104 Å². The third kappa shape index (κ3) is 3.84. The summed E-state index contributed by atoms with van der Waals surface area (Å²) in [6, 6.07) is 0.730. The van der Waals surface area contributed by atoms with Crippen LogP contribution in [0, 0.1) is 0 Å². The highest BCUT2D eigenvalue weighted by Crippen LogP contribution is 2.20. The van der Waals surface area contributed by atoms with Crippen molar-refractivity contribution in [2.75, 3.05) is 6.54 Å². The summed E-state index contributed by atoms with van der Waals surface area (Å²) in [5, 5.41) is 6.59. The summed E-state index contributed by atoms with van der Waals surface area (Å²) < 4.78 is 0. The van der Waals surface area contributed by atoms with Gasteiger partial charge in [0, 0.05) is 18.5 Å². The maximum Gasteiger partial charge on any atom is 0.224 e. The van der Waals surface area contributed by atoms with Gasteiger partial charge < -0.3 is 10.6 Å². The molecular weight excluding hydrogens is 212 g/mol. The van der Waals surface area contributed by atoms with Gasteiger partial charge in [-0.2, -0.15) is 0 Å². The lowest BCUT2D eigenvalue weighted by atomic mass is 9.96. The van der Waals surface area contributed by atoms with Crippen LogP contribution in [-0.4, -0.2) is 24.5 Å². The molecular formula is C14H24N2O. The first kappa shape index (κ1) is 12.6. The Morgan fingerprint density at radius 2 is 2.35 bits per heavy atom. The van der Waals surface area contributed by atoms with E-state index in [0.29, 0.717) is 18.5 Å². The number of rotatable bonds is 3. The van der Waals surface area contributed by atoms with Gasteiger partial charge in [-0.25, -0.2) is 0 Å². The Hall–Kier alpha value is -0.830. The molecule has 0 radical (unpaired) electrons. The zero-order valence-corrected chi connectivity index (χ0v) is 10.8. The normalized spacial score (nSPS) is 29.6. The third-order valence-electron chi connectivity index (χ3n) is 3.88. The number of nitrogens with one attached hydrogen (secondary N) is 2. The van der Waals surface area contributed by atoms with Crippen LogP contribution in [0.2, 0.25) is 0 Å². The number of amides is 1. The molecule has 2 aliphatic rings. The molecule has 2 N–H and O–H groups in total. The summed E-state index contributed by atoms with van der Waals surface area (Å²) in [4.78, 5) is 11.9. The largest absolute Gasteiger partial charge is 0.352 e. The lowest BCUT2D eigenvalue weighted by molar-refractivity contribution is -0.121. The molecule has 0 aromatic heterocycles. The Morgan fingerprint density at radius 1 is 1.47 bits per heavy atom. The molecule has 1 fully saturated rings. The SMILES string of the molecule is CC1NCCCC1NC(=O)CC1=CCCCC1. The van der Waals surface area contributed by atoms with Crippen molar-refractivity contribution in [3.05, 3.63) is 11.6 Å². The number of piperidine rings is 1. The monoisotopic (exact) mass is 236 g/mol. The highest BCUT2D eigenvalue weighted by molar-refractivity contribution is 5.78. The summed E-state index contributed by atoms with van der Waals surface area (Å²) in [7, 11) is 0. The lowest BCUT2D eigenvalue weighted by Gasteiger charge is -2.30. The van der Waals surface area contributed by atoms with Crippen LogP contribution < -0.4 is 10.6 Å². The van der Waals surface area contributed by atoms with Crippen molar-refractivity contribution in [2.24, 2.45) is 0 Å². The molecule has 3 heteroatoms. The van der Waals surface area contributed by atoms with Crippen LogP contribution in [-0.2, 0) is 4.79 Å². The van der Waals surface area contributed by atoms with Crippen molar-refractivity contribution >= 4 is 5.91 Å². The fraction of sp³-hybridized carbons (Fsp3) is 0.786. The van der Waals surface area contributed by atoms with Crippen LogP contribution >= 0.6 is 0 Å². The van der Waals surface area contributed by atoms with E-state index >= 15 is 0 Å². The van der Waals surface area contributed by atoms with E-state index in [0.717, 1.165) is 32.2 Å². The number of hydrogen-bond donors (Lipinski definition) is 2. The van der Waals surface area contributed by atoms with Crippen LogP contribution in [0.25, 0.3) is 0 Å². The Morgan fingerprint density at radius 3 is 3.06 bits per heavy atom. The van der Waals surface area contributed by atoms with E-state index < -0.39 is 0 Å². The molecule has 2 atom stereocenters. The molecule has 2 rings (SSSR count). The molecule has 0 saturated carbocycles. The average Bonchev–Trinajstić information content (AvgIpc) is 2.33. The van der Waals surface area contributed by atoms with E-state index in [-0.39, 0.29) is 5.91 Å². The van der Waals surface area contributed by atoms with E-state index in [1.54, 1.807) is 0 Å². The van der Waals surface area contributed by atoms with Crippen LogP contribution in [0.1, 0.15) is 51.9 Å². The number of carbonyl (C=O) groups is 1. The van der Waals surface area contributed by atoms with Gasteiger partial charge >= 0.3 is 0 Å². The second kappa shape index (κ2) is 6.20. The van der Waals surface area contributed by atoms with E-state index in [2.05, 4.69) is 23.6 Å². The minimum Gasteiger partial charge on any atom is -0.352 e. The van der Waals surface area contributed by atoms with Crippen molar-refractivity contribution in [2.45, 2.75) is 64.0 Å². The summed E-state index contributed by atoms with van der Waals surface area (Å²) in [6.45, 7) is 3.24. The van der Waals surface area contributed by atoms with Crippen molar-refractivity contribution in [1.29, 1.82) is 0 Å². The van der Waals surface area contributed by atoms with Crippen LogP contribution in [0.5, 0.6) is 0 Å². The van der Waals surface area contributed by atoms with E-state index in [9.17, 15) is 4.79 Å². The molecule has 0 aromatic carbocycles. The van der Waals surface area contributed by atoms with Gasteiger partial charge in [-0.1, -0.05) is 11.6 Å². The van der Waals surface area contributed by atoms with Crippen LogP contribution in [0.4, 0.5) is 0 Å².